The third-order valence-electron chi connectivity index (χ3n) is 4.47. The highest BCUT2D eigenvalue weighted by molar-refractivity contribution is 9.10. The van der Waals surface area contributed by atoms with Crippen LogP contribution in [0.1, 0.15) is 38.1 Å². The zero-order valence-electron chi connectivity index (χ0n) is 16.8. The van der Waals surface area contributed by atoms with E-state index in [4.69, 9.17) is 9.15 Å². The van der Waals surface area contributed by atoms with Crippen LogP contribution in [0.25, 0.3) is 0 Å². The van der Waals surface area contributed by atoms with Gasteiger partial charge in [0.25, 0.3) is 0 Å². The van der Waals surface area contributed by atoms with Gasteiger partial charge < -0.3 is 14.5 Å². The van der Waals surface area contributed by atoms with Gasteiger partial charge in [0.1, 0.15) is 11.8 Å². The molecule has 0 saturated carbocycles. The highest BCUT2D eigenvalue weighted by Crippen LogP contribution is 2.38. The van der Waals surface area contributed by atoms with Gasteiger partial charge in [-0.1, -0.05) is 42.1 Å². The minimum Gasteiger partial charge on any atom is -0.459 e. The summed E-state index contributed by atoms with van der Waals surface area (Å²) in [4.78, 5) is 17.5. The lowest BCUT2D eigenvalue weighted by atomic mass is 10.0. The van der Waals surface area contributed by atoms with Crippen LogP contribution in [-0.4, -0.2) is 26.8 Å². The number of furan rings is 1. The van der Waals surface area contributed by atoms with Crippen molar-refractivity contribution in [2.75, 3.05) is 5.32 Å². The number of carbonyl (C=O) groups excluding carboxylic acids is 1. The zero-order chi connectivity index (χ0) is 21.3. The number of esters is 1. The molecule has 156 valence electrons. The van der Waals surface area contributed by atoms with E-state index in [-0.39, 0.29) is 6.10 Å². The van der Waals surface area contributed by atoms with Crippen LogP contribution in [0.4, 0.5) is 5.95 Å². The number of aromatic nitrogens is 3. The summed E-state index contributed by atoms with van der Waals surface area (Å²) in [5, 5.41) is 8.47. The van der Waals surface area contributed by atoms with Crippen LogP contribution >= 0.6 is 27.7 Å². The molecule has 0 spiro atoms. The van der Waals surface area contributed by atoms with Crippen molar-refractivity contribution in [1.29, 1.82) is 0 Å². The third kappa shape index (κ3) is 4.32. The number of hydrogen-bond acceptors (Lipinski definition) is 7. The molecule has 9 heteroatoms. The normalized spacial score (nSPS) is 15.8. The molecule has 1 atom stereocenters. The number of nitrogens with zero attached hydrogens (tertiary/aromatic N) is 3. The average Bonchev–Trinajstić information content (AvgIpc) is 3.31. The maximum absolute atomic E-state index is 12.9. The fourth-order valence-corrected chi connectivity index (χ4v) is 4.30. The molecule has 7 nitrogen and oxygen atoms in total. The van der Waals surface area contributed by atoms with E-state index in [0.717, 1.165) is 5.75 Å². The monoisotopic (exact) mass is 488 g/mol. The summed E-state index contributed by atoms with van der Waals surface area (Å²) in [5.74, 6) is 1.47. The van der Waals surface area contributed by atoms with Crippen molar-refractivity contribution in [3.8, 4) is 0 Å². The van der Waals surface area contributed by atoms with Crippen molar-refractivity contribution in [2.45, 2.75) is 43.8 Å². The van der Waals surface area contributed by atoms with E-state index in [1.165, 1.54) is 17.3 Å². The van der Waals surface area contributed by atoms with Crippen molar-refractivity contribution in [1.82, 2.24) is 14.8 Å². The average molecular weight is 489 g/mol. The predicted molar refractivity (Wildman–Crippen MR) is 118 cm³/mol. The van der Waals surface area contributed by atoms with E-state index in [2.05, 4.69) is 43.5 Å². The SMILES string of the molecule is CC1=C(C(=O)OC(C)C)C(c2ccc(Br)o2)n2nc(SCc3ccccc3)nc2N1. The molecular weight excluding hydrogens is 468 g/mol. The number of fused-ring (bicyclic) bond motifs is 1. The Labute approximate surface area is 187 Å². The van der Waals surface area contributed by atoms with E-state index in [1.54, 1.807) is 10.7 Å². The van der Waals surface area contributed by atoms with Crippen molar-refractivity contribution in [3.05, 3.63) is 69.7 Å². The second-order valence-electron chi connectivity index (χ2n) is 7.10. The lowest BCUT2D eigenvalue weighted by Gasteiger charge is -2.26. The highest BCUT2D eigenvalue weighted by Gasteiger charge is 2.37. The minimum absolute atomic E-state index is 0.240. The van der Waals surface area contributed by atoms with Crippen LogP contribution in [0.3, 0.4) is 0 Å². The molecule has 1 unspecified atom stereocenters. The lowest BCUT2D eigenvalue weighted by molar-refractivity contribution is -0.143. The van der Waals surface area contributed by atoms with Crippen LogP contribution in [0, 0.1) is 0 Å². The van der Waals surface area contributed by atoms with Gasteiger partial charge in [-0.05, 0) is 54.4 Å². The van der Waals surface area contributed by atoms with E-state index >= 15 is 0 Å². The molecular formula is C21H21BrN4O3S. The van der Waals surface area contributed by atoms with E-state index in [9.17, 15) is 4.79 Å². The van der Waals surface area contributed by atoms with E-state index in [1.807, 2.05) is 45.0 Å². The Morgan fingerprint density at radius 1 is 1.30 bits per heavy atom. The summed E-state index contributed by atoms with van der Waals surface area (Å²) >= 11 is 4.88. The van der Waals surface area contributed by atoms with Gasteiger partial charge in [-0.3, -0.25) is 0 Å². The first-order chi connectivity index (χ1) is 14.4. The van der Waals surface area contributed by atoms with E-state index < -0.39 is 12.0 Å². The maximum Gasteiger partial charge on any atom is 0.338 e. The fraction of sp³-hybridized carbons (Fsp3) is 0.286. The number of anilines is 1. The lowest BCUT2D eigenvalue weighted by Crippen LogP contribution is -2.30. The summed E-state index contributed by atoms with van der Waals surface area (Å²) in [6.07, 6.45) is -0.240. The molecule has 0 radical (unpaired) electrons. The van der Waals surface area contributed by atoms with Gasteiger partial charge >= 0.3 is 5.97 Å². The van der Waals surface area contributed by atoms with Crippen molar-refractivity contribution >= 4 is 39.6 Å². The molecule has 0 fully saturated rings. The van der Waals surface area contributed by atoms with Crippen LogP contribution in [0.15, 0.2) is 68.0 Å². The second-order valence-corrected chi connectivity index (χ2v) is 8.82. The van der Waals surface area contributed by atoms with Crippen molar-refractivity contribution < 1.29 is 13.9 Å². The molecule has 3 aromatic rings. The molecule has 0 saturated heterocycles. The molecule has 0 aliphatic carbocycles. The number of rotatable bonds is 6. The maximum atomic E-state index is 12.9. The number of nitrogens with one attached hydrogen (secondary N) is 1. The van der Waals surface area contributed by atoms with Crippen molar-refractivity contribution in [3.63, 3.8) is 0 Å². The first-order valence-electron chi connectivity index (χ1n) is 9.49. The first kappa shape index (κ1) is 20.7. The summed E-state index contributed by atoms with van der Waals surface area (Å²) in [6.45, 7) is 5.47. The Kier molecular flexibility index (Phi) is 6.01. The molecule has 2 aromatic heterocycles. The fourth-order valence-electron chi connectivity index (χ4n) is 3.19. The number of allylic oxidation sites excluding steroid dienone is 1. The Morgan fingerprint density at radius 2 is 2.07 bits per heavy atom. The van der Waals surface area contributed by atoms with Gasteiger partial charge in [0.15, 0.2) is 4.67 Å². The quantitative estimate of drug-likeness (QED) is 0.378. The van der Waals surface area contributed by atoms with Gasteiger partial charge in [-0.2, -0.15) is 4.98 Å². The minimum atomic E-state index is -0.572. The van der Waals surface area contributed by atoms with Crippen LogP contribution in [-0.2, 0) is 15.3 Å². The standard InChI is InChI=1S/C21H21BrN4O3S/c1-12(2)28-19(27)17-13(3)23-20-24-21(30-11-14-7-5-4-6-8-14)25-26(20)18(17)15-9-10-16(22)29-15/h4-10,12,18H,11H2,1-3H3,(H,23,24,25). The molecule has 1 N–H and O–H groups in total. The molecule has 1 aliphatic rings. The molecule has 30 heavy (non-hydrogen) atoms. The Balaban J connectivity index is 1.68. The van der Waals surface area contributed by atoms with Gasteiger partial charge in [0, 0.05) is 11.4 Å². The predicted octanol–water partition coefficient (Wildman–Crippen LogP) is 5.17. The topological polar surface area (TPSA) is 82.2 Å². The number of thioether (sulfide) groups is 1. The first-order valence-corrected chi connectivity index (χ1v) is 11.3. The van der Waals surface area contributed by atoms with Crippen LogP contribution < -0.4 is 5.32 Å². The molecule has 1 aromatic carbocycles. The van der Waals surface area contributed by atoms with Crippen LogP contribution in [0.2, 0.25) is 0 Å². The van der Waals surface area contributed by atoms with Gasteiger partial charge in [0.2, 0.25) is 11.1 Å². The molecule has 4 rings (SSSR count). The molecule has 0 bridgehead atoms. The van der Waals surface area contributed by atoms with Gasteiger partial charge in [0.05, 0.1) is 11.7 Å². The van der Waals surface area contributed by atoms with Crippen LogP contribution in [0.5, 0.6) is 0 Å². The summed E-state index contributed by atoms with van der Waals surface area (Å²) in [6, 6.07) is 13.2. The number of carbonyl (C=O) groups is 1. The highest BCUT2D eigenvalue weighted by atomic mass is 79.9. The number of benzene rings is 1. The third-order valence-corrected chi connectivity index (χ3v) is 5.81. The Hall–Kier alpha value is -2.52. The molecule has 0 amide bonds. The number of ether oxygens (including phenoxy) is 1. The van der Waals surface area contributed by atoms with E-state index in [0.29, 0.717) is 32.8 Å². The number of hydrogen-bond donors (Lipinski definition) is 1. The van der Waals surface area contributed by atoms with Crippen molar-refractivity contribution in [2.24, 2.45) is 0 Å². The molecule has 1 aliphatic heterocycles. The molecule has 3 heterocycles. The summed E-state index contributed by atoms with van der Waals surface area (Å²) < 4.78 is 13.6. The smallest absolute Gasteiger partial charge is 0.338 e. The Morgan fingerprint density at radius 3 is 2.73 bits per heavy atom. The van der Waals surface area contributed by atoms with Gasteiger partial charge in [-0.15, -0.1) is 5.10 Å². The summed E-state index contributed by atoms with van der Waals surface area (Å²) in [5.41, 5.74) is 2.30. The Bertz CT molecular complexity index is 1090. The van der Waals surface area contributed by atoms with Gasteiger partial charge in [-0.25, -0.2) is 9.48 Å². The zero-order valence-corrected chi connectivity index (χ0v) is 19.2. The summed E-state index contributed by atoms with van der Waals surface area (Å²) in [7, 11) is 0. The number of halogens is 1. The largest absolute Gasteiger partial charge is 0.459 e. The second kappa shape index (κ2) is 8.69.